The Morgan fingerprint density at radius 2 is 1.63 bits per heavy atom. The molecular weight excluding hydrogens is 516 g/mol. The van der Waals surface area contributed by atoms with E-state index >= 15 is 0 Å². The summed E-state index contributed by atoms with van der Waals surface area (Å²) < 4.78 is 28.6. The molecule has 0 atom stereocenters. The highest BCUT2D eigenvalue weighted by molar-refractivity contribution is 7.89. The van der Waals surface area contributed by atoms with Gasteiger partial charge in [0.05, 0.1) is 15.1 Å². The van der Waals surface area contributed by atoms with Crippen molar-refractivity contribution in [3.8, 4) is 0 Å². The molecule has 2 heterocycles. The van der Waals surface area contributed by atoms with Crippen LogP contribution in [0.25, 0.3) is 10.2 Å². The SMILES string of the molecule is CC(C)c1cccc2sc(N3CCN(C(=O)c4ccc(S(=O)(=O)N(C)Cc5ccccc5)cc4)CC3)nc12. The molecule has 3 aromatic carbocycles. The summed E-state index contributed by atoms with van der Waals surface area (Å²) in [5.41, 5.74) is 3.74. The molecule has 7 nitrogen and oxygen atoms in total. The van der Waals surface area contributed by atoms with Crippen LogP contribution in [-0.4, -0.2) is 61.7 Å². The summed E-state index contributed by atoms with van der Waals surface area (Å²) in [6.45, 7) is 7.24. The number of carbonyl (C=O) groups excluding carboxylic acids is 1. The van der Waals surface area contributed by atoms with E-state index in [1.54, 1.807) is 30.5 Å². The van der Waals surface area contributed by atoms with Gasteiger partial charge in [-0.1, -0.05) is 67.6 Å². The molecule has 1 aliphatic rings. The normalized spacial score (nSPS) is 14.6. The fourth-order valence-corrected chi connectivity index (χ4v) is 6.93. The molecule has 38 heavy (non-hydrogen) atoms. The molecule has 1 saturated heterocycles. The molecule has 4 aromatic rings. The number of para-hydroxylation sites is 1. The Labute approximate surface area is 228 Å². The number of rotatable bonds is 7. The number of sulfonamides is 1. The van der Waals surface area contributed by atoms with Crippen molar-refractivity contribution in [2.24, 2.45) is 0 Å². The van der Waals surface area contributed by atoms with Gasteiger partial charge in [0.1, 0.15) is 0 Å². The van der Waals surface area contributed by atoms with Gasteiger partial charge in [-0.25, -0.2) is 13.4 Å². The van der Waals surface area contributed by atoms with Crippen LogP contribution in [0.2, 0.25) is 0 Å². The van der Waals surface area contributed by atoms with E-state index in [1.165, 1.54) is 26.7 Å². The van der Waals surface area contributed by atoms with Crippen molar-refractivity contribution in [2.75, 3.05) is 38.1 Å². The quantitative estimate of drug-likeness (QED) is 0.317. The average Bonchev–Trinajstić information content (AvgIpc) is 3.38. The van der Waals surface area contributed by atoms with Crippen molar-refractivity contribution in [1.82, 2.24) is 14.2 Å². The summed E-state index contributed by atoms with van der Waals surface area (Å²) in [6.07, 6.45) is 0. The fraction of sp³-hybridized carbons (Fsp3) is 0.310. The third-order valence-electron chi connectivity index (χ3n) is 6.96. The number of piperazine rings is 1. The zero-order valence-electron chi connectivity index (χ0n) is 21.9. The molecule has 1 fully saturated rings. The van der Waals surface area contributed by atoms with Crippen LogP contribution in [0.5, 0.6) is 0 Å². The first kappa shape index (κ1) is 26.3. The molecule has 1 aliphatic heterocycles. The predicted octanol–water partition coefficient (Wildman–Crippen LogP) is 5.20. The Morgan fingerprint density at radius 3 is 2.29 bits per heavy atom. The number of aromatic nitrogens is 1. The van der Waals surface area contributed by atoms with Crippen LogP contribution in [0.3, 0.4) is 0 Å². The van der Waals surface area contributed by atoms with Crippen LogP contribution < -0.4 is 4.90 Å². The molecule has 0 saturated carbocycles. The molecule has 1 amide bonds. The number of anilines is 1. The minimum Gasteiger partial charge on any atom is -0.345 e. The fourth-order valence-electron chi connectivity index (χ4n) is 4.72. The van der Waals surface area contributed by atoms with Gasteiger partial charge in [-0.15, -0.1) is 0 Å². The van der Waals surface area contributed by atoms with Gasteiger partial charge in [-0.2, -0.15) is 4.31 Å². The maximum absolute atomic E-state index is 13.2. The number of amides is 1. The Bertz CT molecular complexity index is 1530. The first-order valence-electron chi connectivity index (χ1n) is 12.8. The molecule has 0 radical (unpaired) electrons. The van der Waals surface area contributed by atoms with Gasteiger partial charge in [0.2, 0.25) is 10.0 Å². The zero-order valence-corrected chi connectivity index (χ0v) is 23.5. The summed E-state index contributed by atoms with van der Waals surface area (Å²) in [5, 5.41) is 0.995. The molecule has 0 spiro atoms. The van der Waals surface area contributed by atoms with E-state index in [2.05, 4.69) is 36.9 Å². The first-order chi connectivity index (χ1) is 18.2. The number of benzene rings is 3. The van der Waals surface area contributed by atoms with Crippen molar-refractivity contribution in [3.05, 3.63) is 89.5 Å². The maximum atomic E-state index is 13.2. The topological polar surface area (TPSA) is 73.8 Å². The van der Waals surface area contributed by atoms with Crippen molar-refractivity contribution in [2.45, 2.75) is 31.2 Å². The Balaban J connectivity index is 1.22. The standard InChI is InChI=1S/C29H32N4O3S2/c1-21(2)25-10-7-11-26-27(25)30-29(37-26)33-18-16-32(17-19-33)28(34)23-12-14-24(15-13-23)38(35,36)31(3)20-22-8-5-4-6-9-22/h4-15,21H,16-20H2,1-3H3. The lowest BCUT2D eigenvalue weighted by atomic mass is 10.0. The van der Waals surface area contributed by atoms with E-state index < -0.39 is 10.0 Å². The van der Waals surface area contributed by atoms with Crippen LogP contribution in [-0.2, 0) is 16.6 Å². The lowest BCUT2D eigenvalue weighted by Crippen LogP contribution is -2.48. The largest absolute Gasteiger partial charge is 0.345 e. The van der Waals surface area contributed by atoms with E-state index in [0.717, 1.165) is 16.2 Å². The minimum atomic E-state index is -3.67. The Morgan fingerprint density at radius 1 is 0.947 bits per heavy atom. The van der Waals surface area contributed by atoms with E-state index in [0.29, 0.717) is 37.7 Å². The van der Waals surface area contributed by atoms with Crippen LogP contribution in [0, 0.1) is 0 Å². The number of hydrogen-bond donors (Lipinski definition) is 0. The predicted molar refractivity (Wildman–Crippen MR) is 153 cm³/mol. The molecule has 0 unspecified atom stereocenters. The van der Waals surface area contributed by atoms with Gasteiger partial charge in [-0.05, 0) is 47.4 Å². The second kappa shape index (κ2) is 10.8. The van der Waals surface area contributed by atoms with Crippen LogP contribution in [0.4, 0.5) is 5.13 Å². The zero-order chi connectivity index (χ0) is 26.9. The van der Waals surface area contributed by atoms with E-state index in [1.807, 2.05) is 35.2 Å². The number of thiazole rings is 1. The van der Waals surface area contributed by atoms with Crippen LogP contribution in [0.1, 0.15) is 41.3 Å². The van der Waals surface area contributed by atoms with Gasteiger partial charge in [-0.3, -0.25) is 4.79 Å². The van der Waals surface area contributed by atoms with E-state index in [9.17, 15) is 13.2 Å². The molecular formula is C29H32N4O3S2. The van der Waals surface area contributed by atoms with Gasteiger partial charge in [0, 0.05) is 45.3 Å². The number of carbonyl (C=O) groups is 1. The molecule has 5 rings (SSSR count). The lowest BCUT2D eigenvalue weighted by molar-refractivity contribution is 0.0746. The third-order valence-corrected chi connectivity index (χ3v) is 9.85. The summed E-state index contributed by atoms with van der Waals surface area (Å²) in [5.74, 6) is 0.325. The second-order valence-corrected chi connectivity index (χ2v) is 12.9. The average molecular weight is 549 g/mol. The molecule has 198 valence electrons. The van der Waals surface area contributed by atoms with E-state index in [4.69, 9.17) is 4.98 Å². The third kappa shape index (κ3) is 5.32. The molecule has 0 aliphatic carbocycles. The number of nitrogens with zero attached hydrogens (tertiary/aromatic N) is 4. The van der Waals surface area contributed by atoms with Gasteiger partial charge >= 0.3 is 0 Å². The summed E-state index contributed by atoms with van der Waals surface area (Å²) >= 11 is 1.70. The highest BCUT2D eigenvalue weighted by Crippen LogP contribution is 2.34. The molecule has 1 aromatic heterocycles. The van der Waals surface area contributed by atoms with Crippen molar-refractivity contribution in [3.63, 3.8) is 0 Å². The smallest absolute Gasteiger partial charge is 0.253 e. The Hall–Kier alpha value is -3.27. The van der Waals surface area contributed by atoms with Gasteiger partial charge in [0.25, 0.3) is 5.91 Å². The van der Waals surface area contributed by atoms with Crippen LogP contribution in [0.15, 0.2) is 77.7 Å². The monoisotopic (exact) mass is 548 g/mol. The van der Waals surface area contributed by atoms with Gasteiger partial charge in [0.15, 0.2) is 5.13 Å². The van der Waals surface area contributed by atoms with Gasteiger partial charge < -0.3 is 9.80 Å². The van der Waals surface area contributed by atoms with Crippen LogP contribution >= 0.6 is 11.3 Å². The summed E-state index contributed by atoms with van der Waals surface area (Å²) in [7, 11) is -2.10. The number of hydrogen-bond acceptors (Lipinski definition) is 6. The van der Waals surface area contributed by atoms with Crippen molar-refractivity contribution < 1.29 is 13.2 Å². The first-order valence-corrected chi connectivity index (χ1v) is 15.0. The maximum Gasteiger partial charge on any atom is 0.253 e. The summed E-state index contributed by atoms with van der Waals surface area (Å²) in [4.78, 5) is 22.4. The molecule has 0 N–H and O–H groups in total. The minimum absolute atomic E-state index is 0.0855. The molecule has 0 bridgehead atoms. The van der Waals surface area contributed by atoms with Crippen molar-refractivity contribution >= 4 is 42.6 Å². The second-order valence-electron chi connectivity index (χ2n) is 9.90. The number of fused-ring (bicyclic) bond motifs is 1. The Kier molecular flexibility index (Phi) is 7.52. The summed E-state index contributed by atoms with van der Waals surface area (Å²) in [6, 6.07) is 22.1. The molecule has 9 heteroatoms. The van der Waals surface area contributed by atoms with Crippen molar-refractivity contribution in [1.29, 1.82) is 0 Å². The highest BCUT2D eigenvalue weighted by atomic mass is 32.2. The lowest BCUT2D eigenvalue weighted by Gasteiger charge is -2.34. The van der Waals surface area contributed by atoms with E-state index in [-0.39, 0.29) is 17.3 Å². The highest BCUT2D eigenvalue weighted by Gasteiger charge is 2.26.